The number of esters is 1. The molecule has 5 aliphatic carbocycles. The van der Waals surface area contributed by atoms with E-state index in [9.17, 15) is 9.90 Å². The Labute approximate surface area is 267 Å². The SMILES string of the molecule is C=C(C)[C@@H]1CCC2(COC(=O)/C=C/c3ccc(OC)cc3)CCC3(C)C(CCC4C5(C)CCC(O)C(C)(C)C5CCC43C)C12. The van der Waals surface area contributed by atoms with Crippen LogP contribution < -0.4 is 4.74 Å². The Bertz CT molecular complexity index is 1290. The highest BCUT2D eigenvalue weighted by Crippen LogP contribution is 2.77. The second-order valence-corrected chi connectivity index (χ2v) is 17.1. The van der Waals surface area contributed by atoms with Gasteiger partial charge in [0.25, 0.3) is 0 Å². The van der Waals surface area contributed by atoms with Crippen molar-refractivity contribution in [3.63, 3.8) is 0 Å². The molecule has 1 aromatic rings. The van der Waals surface area contributed by atoms with Gasteiger partial charge in [0.15, 0.2) is 0 Å². The number of hydrogen-bond donors (Lipinski definition) is 1. The van der Waals surface area contributed by atoms with Gasteiger partial charge in [-0.25, -0.2) is 4.79 Å². The minimum absolute atomic E-state index is 0.0179. The number of ether oxygens (including phenoxy) is 2. The van der Waals surface area contributed by atoms with Crippen LogP contribution in [0.1, 0.15) is 111 Å². The van der Waals surface area contributed by atoms with Crippen molar-refractivity contribution >= 4 is 12.0 Å². The summed E-state index contributed by atoms with van der Waals surface area (Å²) < 4.78 is 11.4. The summed E-state index contributed by atoms with van der Waals surface area (Å²) in [5.41, 5.74) is 3.13. The van der Waals surface area contributed by atoms with E-state index in [1.54, 1.807) is 13.2 Å². The number of carbonyl (C=O) groups excluding carboxylic acids is 1. The molecule has 0 amide bonds. The van der Waals surface area contributed by atoms with Crippen molar-refractivity contribution in [3.8, 4) is 5.75 Å². The van der Waals surface area contributed by atoms with Crippen LogP contribution in [0.3, 0.4) is 0 Å². The molecule has 44 heavy (non-hydrogen) atoms. The summed E-state index contributed by atoms with van der Waals surface area (Å²) in [6, 6.07) is 7.72. The molecule has 5 saturated carbocycles. The molecular formula is C40H58O4. The summed E-state index contributed by atoms with van der Waals surface area (Å²) in [7, 11) is 1.66. The molecule has 0 spiro atoms. The lowest BCUT2D eigenvalue weighted by atomic mass is 9.32. The Kier molecular flexibility index (Phi) is 7.99. The quantitative estimate of drug-likeness (QED) is 0.200. The standard InChI is InChI=1S/C40H58O4/c1-26(2)29-17-22-40(25-44-34(42)16-11-27-9-12-28(43-8)13-10-27)24-23-38(6)30(35(29)40)14-15-32-37(5)20-19-33(41)36(3,4)31(37)18-21-39(32,38)7/h9-13,16,29-33,35,41H,1,14-15,17-25H2,2-8H3/b16-11+/t29-,30?,31?,32?,33?,35?,37?,38?,39?,40?/m0/s1. The van der Waals surface area contributed by atoms with E-state index in [1.807, 2.05) is 30.3 Å². The van der Waals surface area contributed by atoms with Crippen molar-refractivity contribution in [2.45, 2.75) is 112 Å². The summed E-state index contributed by atoms with van der Waals surface area (Å²) in [4.78, 5) is 13.0. The highest BCUT2D eigenvalue weighted by atomic mass is 16.5. The number of carbonyl (C=O) groups is 1. The number of benzene rings is 1. The zero-order valence-corrected chi connectivity index (χ0v) is 28.6. The van der Waals surface area contributed by atoms with Crippen molar-refractivity contribution in [2.24, 2.45) is 56.7 Å². The van der Waals surface area contributed by atoms with Crippen molar-refractivity contribution in [1.29, 1.82) is 0 Å². The van der Waals surface area contributed by atoms with E-state index < -0.39 is 0 Å². The van der Waals surface area contributed by atoms with Crippen LogP contribution in [-0.4, -0.2) is 30.9 Å². The van der Waals surface area contributed by atoms with Crippen molar-refractivity contribution in [1.82, 2.24) is 0 Å². The van der Waals surface area contributed by atoms with E-state index in [1.165, 1.54) is 37.7 Å². The molecule has 0 bridgehead atoms. The number of rotatable bonds is 6. The molecule has 6 rings (SSSR count). The third-order valence-electron chi connectivity index (χ3n) is 15.2. The normalized spacial score (nSPS) is 44.2. The third kappa shape index (κ3) is 4.66. The van der Waals surface area contributed by atoms with Gasteiger partial charge in [-0.15, -0.1) is 0 Å². The van der Waals surface area contributed by atoms with E-state index in [4.69, 9.17) is 9.47 Å². The van der Waals surface area contributed by atoms with Gasteiger partial charge in [0, 0.05) is 11.5 Å². The Hall–Kier alpha value is -2.07. The minimum atomic E-state index is -0.245. The molecule has 9 unspecified atom stereocenters. The molecule has 0 radical (unpaired) electrons. The largest absolute Gasteiger partial charge is 0.497 e. The second kappa shape index (κ2) is 11.0. The average Bonchev–Trinajstić information content (AvgIpc) is 3.38. The van der Waals surface area contributed by atoms with Gasteiger partial charge in [0.1, 0.15) is 5.75 Å². The molecule has 10 atom stereocenters. The second-order valence-electron chi connectivity index (χ2n) is 17.1. The van der Waals surface area contributed by atoms with Crippen LogP contribution >= 0.6 is 0 Å². The fraction of sp³-hybridized carbons (Fsp3) is 0.725. The van der Waals surface area contributed by atoms with Crippen LogP contribution in [0.4, 0.5) is 0 Å². The van der Waals surface area contributed by atoms with Crippen LogP contribution in [0.2, 0.25) is 0 Å². The minimum Gasteiger partial charge on any atom is -0.497 e. The Morgan fingerprint density at radius 2 is 1.64 bits per heavy atom. The van der Waals surface area contributed by atoms with Gasteiger partial charge in [-0.2, -0.15) is 0 Å². The molecule has 0 aromatic heterocycles. The lowest BCUT2D eigenvalue weighted by Gasteiger charge is -2.73. The predicted octanol–water partition coefficient (Wildman–Crippen LogP) is 9.27. The molecule has 5 aliphatic rings. The highest BCUT2D eigenvalue weighted by Gasteiger charge is 2.71. The predicted molar refractivity (Wildman–Crippen MR) is 178 cm³/mol. The smallest absolute Gasteiger partial charge is 0.330 e. The first-order valence-electron chi connectivity index (χ1n) is 17.5. The van der Waals surface area contributed by atoms with Crippen LogP contribution in [-0.2, 0) is 9.53 Å². The number of allylic oxidation sites excluding steroid dienone is 1. The van der Waals surface area contributed by atoms with Gasteiger partial charge in [0.05, 0.1) is 19.8 Å². The number of hydrogen-bond acceptors (Lipinski definition) is 4. The lowest BCUT2D eigenvalue weighted by Crippen LogP contribution is -2.66. The Balaban J connectivity index is 1.25. The molecule has 1 aromatic carbocycles. The van der Waals surface area contributed by atoms with E-state index in [2.05, 4.69) is 48.1 Å². The maximum atomic E-state index is 13.0. The van der Waals surface area contributed by atoms with E-state index in [-0.39, 0.29) is 39.1 Å². The van der Waals surface area contributed by atoms with E-state index in [0.29, 0.717) is 36.2 Å². The van der Waals surface area contributed by atoms with Crippen LogP contribution in [0.25, 0.3) is 6.08 Å². The van der Waals surface area contributed by atoms with E-state index in [0.717, 1.165) is 43.4 Å². The Morgan fingerprint density at radius 3 is 2.32 bits per heavy atom. The summed E-state index contributed by atoms with van der Waals surface area (Å²) in [6.07, 6.45) is 15.0. The topological polar surface area (TPSA) is 55.8 Å². The molecule has 5 fully saturated rings. The zero-order chi connectivity index (χ0) is 31.7. The van der Waals surface area contributed by atoms with Crippen LogP contribution in [0, 0.1) is 56.7 Å². The van der Waals surface area contributed by atoms with Gasteiger partial charge in [0.2, 0.25) is 0 Å². The molecule has 4 heteroatoms. The first-order valence-corrected chi connectivity index (χ1v) is 17.5. The summed E-state index contributed by atoms with van der Waals surface area (Å²) in [6.45, 7) is 19.9. The first kappa shape index (κ1) is 31.9. The van der Waals surface area contributed by atoms with Crippen molar-refractivity contribution in [2.75, 3.05) is 13.7 Å². The number of aliphatic hydroxyl groups excluding tert-OH is 1. The van der Waals surface area contributed by atoms with Crippen LogP contribution in [0.15, 0.2) is 42.5 Å². The zero-order valence-electron chi connectivity index (χ0n) is 28.6. The fourth-order valence-corrected chi connectivity index (χ4v) is 12.7. The maximum Gasteiger partial charge on any atom is 0.330 e. The third-order valence-corrected chi connectivity index (χ3v) is 15.2. The highest BCUT2D eigenvalue weighted by molar-refractivity contribution is 5.87. The number of aliphatic hydroxyl groups is 1. The lowest BCUT2D eigenvalue weighted by molar-refractivity contribution is -0.249. The molecule has 242 valence electrons. The maximum absolute atomic E-state index is 13.0. The summed E-state index contributed by atoms with van der Waals surface area (Å²) in [5.74, 6) is 3.48. The first-order chi connectivity index (χ1) is 20.7. The molecule has 0 saturated heterocycles. The summed E-state index contributed by atoms with van der Waals surface area (Å²) in [5, 5.41) is 11.0. The summed E-state index contributed by atoms with van der Waals surface area (Å²) >= 11 is 0. The Morgan fingerprint density at radius 1 is 0.909 bits per heavy atom. The molecule has 1 N–H and O–H groups in total. The van der Waals surface area contributed by atoms with Crippen molar-refractivity contribution in [3.05, 3.63) is 48.1 Å². The van der Waals surface area contributed by atoms with Crippen molar-refractivity contribution < 1.29 is 19.4 Å². The molecule has 0 aliphatic heterocycles. The molecule has 4 nitrogen and oxygen atoms in total. The number of methoxy groups -OCH3 is 1. The fourth-order valence-electron chi connectivity index (χ4n) is 12.7. The van der Waals surface area contributed by atoms with E-state index >= 15 is 0 Å². The number of fused-ring (bicyclic) bond motifs is 7. The monoisotopic (exact) mass is 602 g/mol. The van der Waals surface area contributed by atoms with Crippen LogP contribution in [0.5, 0.6) is 5.75 Å². The van der Waals surface area contributed by atoms with Gasteiger partial charge in [-0.1, -0.05) is 58.9 Å². The molecular weight excluding hydrogens is 544 g/mol. The molecule has 0 heterocycles. The van der Waals surface area contributed by atoms with Gasteiger partial charge < -0.3 is 14.6 Å². The van der Waals surface area contributed by atoms with Gasteiger partial charge in [-0.05, 0) is 146 Å². The van der Waals surface area contributed by atoms with Gasteiger partial charge in [-0.3, -0.25) is 0 Å². The van der Waals surface area contributed by atoms with Gasteiger partial charge >= 0.3 is 5.97 Å². The average molecular weight is 603 g/mol.